The largest absolute Gasteiger partial charge is 0.371 e. The van der Waals surface area contributed by atoms with Gasteiger partial charge in [-0.3, -0.25) is 9.48 Å². The molecule has 0 saturated heterocycles. The van der Waals surface area contributed by atoms with Crippen molar-refractivity contribution in [1.29, 1.82) is 0 Å². The standard InChI is InChI=1S/C13H16ClN5O/c1-3-19-8-11(7-16-19)17-9(2)13(20)18-12-5-4-10(14)6-15-12/h4-9,17H,3H2,1-2H3,(H,15,18,20)/t9-/m0/s1. The third-order valence-corrected chi connectivity index (χ3v) is 2.94. The predicted molar refractivity (Wildman–Crippen MR) is 78.9 cm³/mol. The van der Waals surface area contributed by atoms with E-state index in [0.29, 0.717) is 10.8 Å². The SMILES string of the molecule is CCn1cc(N[C@@H](C)C(=O)Nc2ccc(Cl)cn2)cn1. The van der Waals surface area contributed by atoms with Crippen molar-refractivity contribution in [1.82, 2.24) is 14.8 Å². The van der Waals surface area contributed by atoms with Gasteiger partial charge in [-0.1, -0.05) is 11.6 Å². The lowest BCUT2D eigenvalue weighted by atomic mass is 10.3. The number of aromatic nitrogens is 3. The highest BCUT2D eigenvalue weighted by Crippen LogP contribution is 2.11. The summed E-state index contributed by atoms with van der Waals surface area (Å²) in [5.74, 6) is 0.293. The second kappa shape index (κ2) is 6.38. The van der Waals surface area contributed by atoms with Crippen molar-refractivity contribution in [3.05, 3.63) is 35.7 Å². The van der Waals surface area contributed by atoms with E-state index in [1.165, 1.54) is 6.20 Å². The molecule has 0 saturated carbocycles. The van der Waals surface area contributed by atoms with E-state index in [9.17, 15) is 4.79 Å². The molecule has 7 heteroatoms. The average molecular weight is 294 g/mol. The van der Waals surface area contributed by atoms with E-state index >= 15 is 0 Å². The third-order valence-electron chi connectivity index (χ3n) is 2.71. The van der Waals surface area contributed by atoms with Gasteiger partial charge < -0.3 is 10.6 Å². The zero-order valence-corrected chi connectivity index (χ0v) is 12.1. The molecule has 106 valence electrons. The Morgan fingerprint density at radius 2 is 2.25 bits per heavy atom. The van der Waals surface area contributed by atoms with Crippen LogP contribution in [0.2, 0.25) is 5.02 Å². The molecule has 0 bridgehead atoms. The van der Waals surface area contributed by atoms with Gasteiger partial charge in [0.2, 0.25) is 5.91 Å². The molecule has 2 heterocycles. The van der Waals surface area contributed by atoms with E-state index in [2.05, 4.69) is 20.7 Å². The van der Waals surface area contributed by atoms with Crippen LogP contribution in [-0.2, 0) is 11.3 Å². The zero-order valence-electron chi connectivity index (χ0n) is 11.3. The van der Waals surface area contributed by atoms with E-state index < -0.39 is 6.04 Å². The highest BCUT2D eigenvalue weighted by molar-refractivity contribution is 6.30. The van der Waals surface area contributed by atoms with E-state index in [-0.39, 0.29) is 5.91 Å². The number of halogens is 1. The third kappa shape index (κ3) is 3.71. The Kier molecular flexibility index (Phi) is 4.57. The number of anilines is 2. The summed E-state index contributed by atoms with van der Waals surface area (Å²) in [6.07, 6.45) is 5.03. The number of carbonyl (C=O) groups excluding carboxylic acids is 1. The molecule has 0 aliphatic rings. The van der Waals surface area contributed by atoms with E-state index in [0.717, 1.165) is 12.2 Å². The number of nitrogens with zero attached hydrogens (tertiary/aromatic N) is 3. The Morgan fingerprint density at radius 3 is 2.85 bits per heavy atom. The van der Waals surface area contributed by atoms with Gasteiger partial charge in [-0.2, -0.15) is 5.10 Å². The lowest BCUT2D eigenvalue weighted by Crippen LogP contribution is -2.32. The Morgan fingerprint density at radius 1 is 1.45 bits per heavy atom. The maximum Gasteiger partial charge on any atom is 0.247 e. The Labute approximate surface area is 122 Å². The first-order chi connectivity index (χ1) is 9.58. The van der Waals surface area contributed by atoms with Crippen LogP contribution in [0.25, 0.3) is 0 Å². The van der Waals surface area contributed by atoms with Gasteiger partial charge in [0, 0.05) is 18.9 Å². The molecule has 2 N–H and O–H groups in total. The smallest absolute Gasteiger partial charge is 0.247 e. The summed E-state index contributed by atoms with van der Waals surface area (Å²) in [4.78, 5) is 16.0. The summed E-state index contributed by atoms with van der Waals surface area (Å²) in [6, 6.07) is 2.93. The van der Waals surface area contributed by atoms with Gasteiger partial charge in [-0.05, 0) is 26.0 Å². The van der Waals surface area contributed by atoms with Gasteiger partial charge in [0.1, 0.15) is 11.9 Å². The molecule has 0 radical (unpaired) electrons. The monoisotopic (exact) mass is 293 g/mol. The van der Waals surface area contributed by atoms with Crippen LogP contribution in [0.15, 0.2) is 30.7 Å². The Balaban J connectivity index is 1.93. The summed E-state index contributed by atoms with van der Waals surface area (Å²) in [7, 11) is 0. The average Bonchev–Trinajstić information content (AvgIpc) is 2.89. The van der Waals surface area contributed by atoms with Crippen molar-refractivity contribution < 1.29 is 4.79 Å². The molecule has 20 heavy (non-hydrogen) atoms. The Bertz CT molecular complexity index is 581. The molecule has 1 amide bonds. The summed E-state index contributed by atoms with van der Waals surface area (Å²) in [5.41, 5.74) is 0.804. The second-order valence-electron chi connectivity index (χ2n) is 4.30. The van der Waals surface area contributed by atoms with Crippen LogP contribution in [0, 0.1) is 0 Å². The topological polar surface area (TPSA) is 71.8 Å². The minimum Gasteiger partial charge on any atom is -0.371 e. The first-order valence-corrected chi connectivity index (χ1v) is 6.67. The molecule has 2 aromatic rings. The second-order valence-corrected chi connectivity index (χ2v) is 4.74. The van der Waals surface area contributed by atoms with Crippen LogP contribution < -0.4 is 10.6 Å². The van der Waals surface area contributed by atoms with Crippen molar-refractivity contribution in [3.63, 3.8) is 0 Å². The first kappa shape index (κ1) is 14.3. The maximum absolute atomic E-state index is 12.0. The highest BCUT2D eigenvalue weighted by Gasteiger charge is 2.14. The van der Waals surface area contributed by atoms with Gasteiger partial charge >= 0.3 is 0 Å². The van der Waals surface area contributed by atoms with Crippen LogP contribution in [0.3, 0.4) is 0 Å². The molecule has 0 aliphatic heterocycles. The molecule has 0 aliphatic carbocycles. The van der Waals surface area contributed by atoms with Crippen LogP contribution in [-0.4, -0.2) is 26.7 Å². The molecule has 0 unspecified atom stereocenters. The van der Waals surface area contributed by atoms with E-state index in [1.54, 1.807) is 29.9 Å². The number of rotatable bonds is 5. The van der Waals surface area contributed by atoms with Crippen molar-refractivity contribution in [2.24, 2.45) is 0 Å². The maximum atomic E-state index is 12.0. The molecular weight excluding hydrogens is 278 g/mol. The van der Waals surface area contributed by atoms with Gasteiger partial charge in [0.25, 0.3) is 0 Å². The number of aryl methyl sites for hydroxylation is 1. The van der Waals surface area contributed by atoms with Gasteiger partial charge in [0.05, 0.1) is 16.9 Å². The number of hydrogen-bond donors (Lipinski definition) is 2. The van der Waals surface area contributed by atoms with Crippen LogP contribution in [0.1, 0.15) is 13.8 Å². The molecular formula is C13H16ClN5O. The van der Waals surface area contributed by atoms with Gasteiger partial charge in [-0.25, -0.2) is 4.98 Å². The molecule has 0 fully saturated rings. The minimum atomic E-state index is -0.401. The number of amides is 1. The summed E-state index contributed by atoms with van der Waals surface area (Å²) in [6.45, 7) is 4.56. The number of nitrogens with one attached hydrogen (secondary N) is 2. The molecule has 2 rings (SSSR count). The fourth-order valence-electron chi connectivity index (χ4n) is 1.61. The lowest BCUT2D eigenvalue weighted by molar-refractivity contribution is -0.116. The van der Waals surface area contributed by atoms with E-state index in [4.69, 9.17) is 11.6 Å². The minimum absolute atomic E-state index is 0.177. The normalized spacial score (nSPS) is 11.9. The van der Waals surface area contributed by atoms with Crippen LogP contribution >= 0.6 is 11.6 Å². The number of carbonyl (C=O) groups is 1. The molecule has 2 aromatic heterocycles. The van der Waals surface area contributed by atoms with Crippen molar-refractivity contribution in [2.75, 3.05) is 10.6 Å². The predicted octanol–water partition coefficient (Wildman–Crippen LogP) is 2.39. The Hall–Kier alpha value is -2.08. The fourth-order valence-corrected chi connectivity index (χ4v) is 1.72. The number of hydrogen-bond acceptors (Lipinski definition) is 4. The van der Waals surface area contributed by atoms with E-state index in [1.807, 2.05) is 13.1 Å². The molecule has 6 nitrogen and oxygen atoms in total. The highest BCUT2D eigenvalue weighted by atomic mass is 35.5. The number of pyridine rings is 1. The van der Waals surface area contributed by atoms with Crippen molar-refractivity contribution in [2.45, 2.75) is 26.4 Å². The van der Waals surface area contributed by atoms with Gasteiger partial charge in [0.15, 0.2) is 0 Å². The summed E-state index contributed by atoms with van der Waals surface area (Å²) in [5, 5.41) is 10.5. The quantitative estimate of drug-likeness (QED) is 0.888. The van der Waals surface area contributed by atoms with Crippen LogP contribution in [0.5, 0.6) is 0 Å². The summed E-state index contributed by atoms with van der Waals surface area (Å²) < 4.78 is 1.79. The van der Waals surface area contributed by atoms with Crippen LogP contribution in [0.4, 0.5) is 11.5 Å². The molecule has 0 aromatic carbocycles. The fraction of sp³-hybridized carbons (Fsp3) is 0.308. The van der Waals surface area contributed by atoms with Crippen molar-refractivity contribution in [3.8, 4) is 0 Å². The van der Waals surface area contributed by atoms with Crippen molar-refractivity contribution >= 4 is 29.0 Å². The van der Waals surface area contributed by atoms with Gasteiger partial charge in [-0.15, -0.1) is 0 Å². The molecule has 0 spiro atoms. The zero-order chi connectivity index (χ0) is 14.5. The summed E-state index contributed by atoms with van der Waals surface area (Å²) >= 11 is 5.74. The first-order valence-electron chi connectivity index (χ1n) is 6.30. The lowest BCUT2D eigenvalue weighted by Gasteiger charge is -2.13. The molecule has 1 atom stereocenters.